The van der Waals surface area contributed by atoms with E-state index in [0.29, 0.717) is 12.4 Å². The summed E-state index contributed by atoms with van der Waals surface area (Å²) in [4.78, 5) is 12.6. The van der Waals surface area contributed by atoms with Crippen molar-refractivity contribution in [3.8, 4) is 11.3 Å². The van der Waals surface area contributed by atoms with Crippen molar-refractivity contribution in [2.24, 2.45) is 17.8 Å². The fourth-order valence-electron chi connectivity index (χ4n) is 2.38. The number of rotatable bonds is 4. The fourth-order valence-corrected chi connectivity index (χ4v) is 2.38. The first-order chi connectivity index (χ1) is 11.5. The van der Waals surface area contributed by atoms with Gasteiger partial charge in [-0.15, -0.1) is 0 Å². The molecule has 4 N–H and O–H groups in total. The van der Waals surface area contributed by atoms with E-state index in [4.69, 9.17) is 11.5 Å². The molecule has 3 rings (SSSR count). The average molecular weight is 321 g/mol. The molecule has 0 aliphatic carbocycles. The molecule has 2 heterocycles. The molecule has 24 heavy (non-hydrogen) atoms. The molecule has 0 saturated carbocycles. The summed E-state index contributed by atoms with van der Waals surface area (Å²) in [6.45, 7) is 2.55. The van der Waals surface area contributed by atoms with Gasteiger partial charge in [-0.3, -0.25) is 9.67 Å². The largest absolute Gasteiger partial charge is 0.383 e. The third-order valence-corrected chi connectivity index (χ3v) is 3.73. The van der Waals surface area contributed by atoms with Gasteiger partial charge in [-0.05, 0) is 30.2 Å². The predicted molar refractivity (Wildman–Crippen MR) is 94.3 cm³/mol. The average Bonchev–Trinajstić information content (AvgIpc) is 3.00. The van der Waals surface area contributed by atoms with Crippen LogP contribution in [0.4, 0.5) is 5.95 Å². The molecule has 3 aromatic rings. The van der Waals surface area contributed by atoms with Crippen molar-refractivity contribution in [1.29, 1.82) is 0 Å². The third-order valence-electron chi connectivity index (χ3n) is 3.73. The van der Waals surface area contributed by atoms with Crippen molar-refractivity contribution in [3.05, 3.63) is 59.5 Å². The van der Waals surface area contributed by atoms with Gasteiger partial charge in [0.25, 0.3) is 0 Å². The lowest BCUT2D eigenvalue weighted by molar-refractivity contribution is 0.767. The van der Waals surface area contributed by atoms with Crippen molar-refractivity contribution in [2.45, 2.75) is 13.5 Å². The Balaban J connectivity index is 1.80. The van der Waals surface area contributed by atoms with E-state index in [1.807, 2.05) is 38.4 Å². The number of aromatic nitrogens is 4. The highest BCUT2D eigenvalue weighted by atomic mass is 15.2. The molecule has 2 aromatic heterocycles. The topological polar surface area (TPSA) is 108 Å². The number of benzene rings is 1. The first-order valence-corrected chi connectivity index (χ1v) is 7.50. The van der Waals surface area contributed by atoms with Crippen molar-refractivity contribution in [2.75, 3.05) is 5.73 Å². The Labute approximate surface area is 140 Å². The minimum atomic E-state index is 0.267. The Kier molecular flexibility index (Phi) is 4.24. The predicted octanol–water partition coefficient (Wildman–Crippen LogP) is 1.67. The maximum absolute atomic E-state index is 6.01. The molecule has 0 aliphatic rings. The molecule has 1 aromatic carbocycles. The Hall–Kier alpha value is -3.22. The Morgan fingerprint density at radius 3 is 2.79 bits per heavy atom. The van der Waals surface area contributed by atoms with Gasteiger partial charge >= 0.3 is 0 Å². The van der Waals surface area contributed by atoms with Crippen LogP contribution in [-0.4, -0.2) is 25.6 Å². The van der Waals surface area contributed by atoms with Gasteiger partial charge in [-0.2, -0.15) is 5.10 Å². The number of aryl methyl sites for hydroxylation is 2. The maximum atomic E-state index is 6.01. The summed E-state index contributed by atoms with van der Waals surface area (Å²) in [5.74, 6) is 0.748. The molecular formula is C17H19N7. The van der Waals surface area contributed by atoms with Crippen molar-refractivity contribution in [1.82, 2.24) is 19.7 Å². The van der Waals surface area contributed by atoms with Gasteiger partial charge in [-0.1, -0.05) is 12.1 Å². The lowest BCUT2D eigenvalue weighted by atomic mass is 10.0. The van der Waals surface area contributed by atoms with E-state index in [0.717, 1.165) is 27.9 Å². The zero-order chi connectivity index (χ0) is 17.1. The summed E-state index contributed by atoms with van der Waals surface area (Å²) in [5, 5.41) is 4.10. The van der Waals surface area contributed by atoms with Crippen LogP contribution in [0.1, 0.15) is 16.7 Å². The number of hydrogen-bond donors (Lipinski definition) is 2. The molecule has 0 fully saturated rings. The standard InChI is InChI=1S/C17H19N7/c1-11-7-12(15-5-6-20-17(19)23-15)3-4-13(11)8-21-16(18)14-9-22-24(2)10-14/h3-7,9-10H,8H2,1-2H3,(H2,18,21)(H2,19,20,23). The van der Waals surface area contributed by atoms with E-state index >= 15 is 0 Å². The lowest BCUT2D eigenvalue weighted by Crippen LogP contribution is -2.13. The molecule has 7 nitrogen and oxygen atoms in total. The van der Waals surface area contributed by atoms with Crippen LogP contribution in [0.3, 0.4) is 0 Å². The molecule has 0 atom stereocenters. The van der Waals surface area contributed by atoms with Crippen LogP contribution < -0.4 is 11.5 Å². The Morgan fingerprint density at radius 2 is 2.12 bits per heavy atom. The number of aliphatic imine (C=N–C) groups is 1. The second-order valence-electron chi connectivity index (χ2n) is 5.55. The molecule has 122 valence electrons. The zero-order valence-electron chi connectivity index (χ0n) is 13.6. The van der Waals surface area contributed by atoms with Crippen LogP contribution in [0.5, 0.6) is 0 Å². The molecule has 0 amide bonds. The first-order valence-electron chi connectivity index (χ1n) is 7.50. The minimum absolute atomic E-state index is 0.267. The summed E-state index contributed by atoms with van der Waals surface area (Å²) < 4.78 is 1.70. The van der Waals surface area contributed by atoms with Gasteiger partial charge in [0.1, 0.15) is 5.84 Å². The molecule has 7 heteroatoms. The summed E-state index contributed by atoms with van der Waals surface area (Å²) in [5.41, 5.74) is 16.5. The van der Waals surface area contributed by atoms with Crippen LogP contribution in [0, 0.1) is 6.92 Å². The van der Waals surface area contributed by atoms with Gasteiger partial charge in [0.05, 0.1) is 24.0 Å². The SMILES string of the molecule is Cc1cc(-c2ccnc(N)n2)ccc1CN=C(N)c1cnn(C)c1. The van der Waals surface area contributed by atoms with Gasteiger partial charge in [0, 0.05) is 25.0 Å². The minimum Gasteiger partial charge on any atom is -0.383 e. The fraction of sp³-hybridized carbons (Fsp3) is 0.176. The van der Waals surface area contributed by atoms with Gasteiger partial charge in [0.2, 0.25) is 5.95 Å². The smallest absolute Gasteiger partial charge is 0.220 e. The molecule has 0 radical (unpaired) electrons. The molecule has 0 aliphatic heterocycles. The van der Waals surface area contributed by atoms with Crippen LogP contribution in [0.15, 0.2) is 47.8 Å². The number of nitrogens with zero attached hydrogens (tertiary/aromatic N) is 5. The van der Waals surface area contributed by atoms with Crippen LogP contribution >= 0.6 is 0 Å². The van der Waals surface area contributed by atoms with E-state index < -0.39 is 0 Å². The van der Waals surface area contributed by atoms with Crippen LogP contribution in [-0.2, 0) is 13.6 Å². The number of nitrogens with two attached hydrogens (primary N) is 2. The van der Waals surface area contributed by atoms with Gasteiger partial charge in [0.15, 0.2) is 0 Å². The Bertz CT molecular complexity index is 895. The second-order valence-corrected chi connectivity index (χ2v) is 5.55. The molecule has 0 unspecified atom stereocenters. The number of nitrogen functional groups attached to an aromatic ring is 1. The normalized spacial score (nSPS) is 11.7. The van der Waals surface area contributed by atoms with Crippen molar-refractivity contribution < 1.29 is 0 Å². The van der Waals surface area contributed by atoms with E-state index in [1.165, 1.54) is 0 Å². The maximum Gasteiger partial charge on any atom is 0.220 e. The summed E-state index contributed by atoms with van der Waals surface area (Å²) in [6, 6.07) is 7.93. The molecule has 0 saturated heterocycles. The second kappa shape index (κ2) is 6.49. The summed E-state index contributed by atoms with van der Waals surface area (Å²) >= 11 is 0. The molecule has 0 spiro atoms. The monoisotopic (exact) mass is 321 g/mol. The van der Waals surface area contributed by atoms with E-state index in [-0.39, 0.29) is 5.95 Å². The quantitative estimate of drug-likeness (QED) is 0.561. The van der Waals surface area contributed by atoms with Gasteiger partial charge < -0.3 is 11.5 Å². The van der Waals surface area contributed by atoms with Crippen molar-refractivity contribution in [3.63, 3.8) is 0 Å². The Morgan fingerprint density at radius 1 is 1.29 bits per heavy atom. The third kappa shape index (κ3) is 3.40. The molecule has 0 bridgehead atoms. The number of anilines is 1. The highest BCUT2D eigenvalue weighted by Gasteiger charge is 2.05. The summed E-state index contributed by atoms with van der Waals surface area (Å²) in [7, 11) is 1.85. The van der Waals surface area contributed by atoms with Crippen LogP contribution in [0.2, 0.25) is 0 Å². The lowest BCUT2D eigenvalue weighted by Gasteiger charge is -2.07. The van der Waals surface area contributed by atoms with Gasteiger partial charge in [-0.25, -0.2) is 9.97 Å². The number of amidine groups is 1. The van der Waals surface area contributed by atoms with E-state index in [1.54, 1.807) is 17.1 Å². The highest BCUT2D eigenvalue weighted by molar-refractivity contribution is 5.96. The zero-order valence-corrected chi connectivity index (χ0v) is 13.6. The van der Waals surface area contributed by atoms with E-state index in [9.17, 15) is 0 Å². The van der Waals surface area contributed by atoms with E-state index in [2.05, 4.69) is 26.1 Å². The molecular weight excluding hydrogens is 302 g/mol. The first kappa shape index (κ1) is 15.7. The van der Waals surface area contributed by atoms with Crippen molar-refractivity contribution >= 4 is 11.8 Å². The highest BCUT2D eigenvalue weighted by Crippen LogP contribution is 2.21. The van der Waals surface area contributed by atoms with Crippen LogP contribution in [0.25, 0.3) is 11.3 Å². The summed E-state index contributed by atoms with van der Waals surface area (Å²) in [6.07, 6.45) is 5.20. The number of hydrogen-bond acceptors (Lipinski definition) is 5.